The van der Waals surface area contributed by atoms with Gasteiger partial charge in [-0.1, -0.05) is 36.4 Å². The van der Waals surface area contributed by atoms with Crippen molar-refractivity contribution < 1.29 is 8.78 Å². The van der Waals surface area contributed by atoms with Crippen molar-refractivity contribution in [3.8, 4) is 11.1 Å². The number of rotatable bonds is 4. The molecular weight excluding hydrogens is 230 g/mol. The molecule has 0 nitrogen and oxygen atoms in total. The van der Waals surface area contributed by atoms with Gasteiger partial charge in [0.25, 0.3) is 0 Å². The standard InChI is InChI=1S/C16H14F2/c1-2-3-7-13-10-14(16(18)11-15(13)17)12-8-5-4-6-9-12/h2,4-6,8-11H,1,3,7H2. The summed E-state index contributed by atoms with van der Waals surface area (Å²) in [6.07, 6.45) is 2.94. The summed E-state index contributed by atoms with van der Waals surface area (Å²) >= 11 is 0. The molecule has 0 fully saturated rings. The van der Waals surface area contributed by atoms with Gasteiger partial charge in [0.2, 0.25) is 0 Å². The lowest BCUT2D eigenvalue weighted by molar-refractivity contribution is 0.574. The minimum absolute atomic E-state index is 0.441. The van der Waals surface area contributed by atoms with Gasteiger partial charge in [0.1, 0.15) is 11.6 Å². The van der Waals surface area contributed by atoms with E-state index in [2.05, 4.69) is 6.58 Å². The van der Waals surface area contributed by atoms with Crippen LogP contribution in [0.4, 0.5) is 8.78 Å². The number of allylic oxidation sites excluding steroid dienone is 1. The number of hydrogen-bond donors (Lipinski definition) is 0. The molecule has 0 unspecified atom stereocenters. The molecular formula is C16H14F2. The molecule has 0 saturated carbocycles. The maximum absolute atomic E-state index is 13.8. The van der Waals surface area contributed by atoms with Crippen molar-refractivity contribution in [3.63, 3.8) is 0 Å². The predicted molar refractivity (Wildman–Crippen MR) is 70.3 cm³/mol. The van der Waals surface area contributed by atoms with Crippen molar-refractivity contribution in [2.45, 2.75) is 12.8 Å². The summed E-state index contributed by atoms with van der Waals surface area (Å²) in [7, 11) is 0. The summed E-state index contributed by atoms with van der Waals surface area (Å²) in [6.45, 7) is 3.61. The van der Waals surface area contributed by atoms with Crippen LogP contribution in [0.2, 0.25) is 0 Å². The van der Waals surface area contributed by atoms with Crippen LogP contribution in [0.3, 0.4) is 0 Å². The van der Waals surface area contributed by atoms with E-state index in [0.29, 0.717) is 24.0 Å². The summed E-state index contributed by atoms with van der Waals surface area (Å²) in [5.74, 6) is -1.02. The molecule has 0 saturated heterocycles. The summed E-state index contributed by atoms with van der Waals surface area (Å²) in [6, 6.07) is 11.7. The first-order valence-electron chi connectivity index (χ1n) is 5.86. The Bertz CT molecular complexity index is 545. The first kappa shape index (κ1) is 12.5. The summed E-state index contributed by atoms with van der Waals surface area (Å²) in [5, 5.41) is 0. The van der Waals surface area contributed by atoms with Crippen molar-refractivity contribution >= 4 is 0 Å². The first-order valence-corrected chi connectivity index (χ1v) is 5.86. The lowest BCUT2D eigenvalue weighted by Gasteiger charge is -2.08. The molecule has 0 radical (unpaired) electrons. The number of hydrogen-bond acceptors (Lipinski definition) is 0. The number of aryl methyl sites for hydroxylation is 1. The van der Waals surface area contributed by atoms with Crippen LogP contribution < -0.4 is 0 Å². The van der Waals surface area contributed by atoms with Crippen LogP contribution in [0.1, 0.15) is 12.0 Å². The molecule has 0 aliphatic carbocycles. The molecule has 0 spiro atoms. The topological polar surface area (TPSA) is 0 Å². The Kier molecular flexibility index (Phi) is 3.88. The second kappa shape index (κ2) is 5.58. The van der Waals surface area contributed by atoms with E-state index in [9.17, 15) is 8.78 Å². The van der Waals surface area contributed by atoms with Gasteiger partial charge in [-0.3, -0.25) is 0 Å². The summed E-state index contributed by atoms with van der Waals surface area (Å²) < 4.78 is 27.4. The highest BCUT2D eigenvalue weighted by atomic mass is 19.1. The largest absolute Gasteiger partial charge is 0.207 e. The highest BCUT2D eigenvalue weighted by Gasteiger charge is 2.10. The lowest BCUT2D eigenvalue weighted by Crippen LogP contribution is -1.94. The van der Waals surface area contributed by atoms with Crippen molar-refractivity contribution in [3.05, 3.63) is 72.3 Å². The van der Waals surface area contributed by atoms with E-state index in [1.54, 1.807) is 12.1 Å². The van der Waals surface area contributed by atoms with Crippen LogP contribution in [0.25, 0.3) is 11.1 Å². The van der Waals surface area contributed by atoms with E-state index in [1.165, 1.54) is 0 Å². The minimum Gasteiger partial charge on any atom is -0.207 e. The van der Waals surface area contributed by atoms with Crippen LogP contribution in [0.15, 0.2) is 55.1 Å². The second-order valence-electron chi connectivity index (χ2n) is 4.12. The van der Waals surface area contributed by atoms with Crippen LogP contribution in [0, 0.1) is 11.6 Å². The molecule has 2 aromatic rings. The maximum Gasteiger partial charge on any atom is 0.133 e. The normalized spacial score (nSPS) is 10.3. The van der Waals surface area contributed by atoms with Gasteiger partial charge in [-0.15, -0.1) is 6.58 Å². The Hall–Kier alpha value is -1.96. The zero-order valence-corrected chi connectivity index (χ0v) is 10.00. The maximum atomic E-state index is 13.8. The Morgan fingerprint density at radius 1 is 1.00 bits per heavy atom. The molecule has 0 heterocycles. The van der Waals surface area contributed by atoms with Crippen LogP contribution in [-0.2, 0) is 6.42 Å². The number of halogens is 2. The van der Waals surface area contributed by atoms with Crippen LogP contribution in [0.5, 0.6) is 0 Å². The van der Waals surface area contributed by atoms with Crippen molar-refractivity contribution in [2.75, 3.05) is 0 Å². The van der Waals surface area contributed by atoms with Gasteiger partial charge in [0, 0.05) is 11.6 Å². The molecule has 0 aliphatic rings. The molecule has 2 heteroatoms. The van der Waals surface area contributed by atoms with Crippen molar-refractivity contribution in [1.29, 1.82) is 0 Å². The Morgan fingerprint density at radius 2 is 1.72 bits per heavy atom. The van der Waals surface area contributed by atoms with Gasteiger partial charge in [0.15, 0.2) is 0 Å². The zero-order chi connectivity index (χ0) is 13.0. The fraction of sp³-hybridized carbons (Fsp3) is 0.125. The van der Waals surface area contributed by atoms with Gasteiger partial charge >= 0.3 is 0 Å². The monoisotopic (exact) mass is 244 g/mol. The van der Waals surface area contributed by atoms with Gasteiger partial charge in [-0.2, -0.15) is 0 Å². The molecule has 2 rings (SSSR count). The zero-order valence-electron chi connectivity index (χ0n) is 10.00. The van der Waals surface area contributed by atoms with Crippen molar-refractivity contribution in [2.24, 2.45) is 0 Å². The second-order valence-corrected chi connectivity index (χ2v) is 4.12. The third-order valence-electron chi connectivity index (χ3n) is 2.84. The van der Waals surface area contributed by atoms with Gasteiger partial charge in [-0.25, -0.2) is 8.78 Å². The van der Waals surface area contributed by atoms with E-state index in [1.807, 2.05) is 30.3 Å². The molecule has 0 bridgehead atoms. The smallest absolute Gasteiger partial charge is 0.133 e. The fourth-order valence-electron chi connectivity index (χ4n) is 1.88. The van der Waals surface area contributed by atoms with E-state index >= 15 is 0 Å². The Balaban J connectivity index is 2.44. The quantitative estimate of drug-likeness (QED) is 0.681. The van der Waals surface area contributed by atoms with Gasteiger partial charge in [-0.05, 0) is 30.0 Å². The van der Waals surface area contributed by atoms with Crippen molar-refractivity contribution in [1.82, 2.24) is 0 Å². The molecule has 0 aliphatic heterocycles. The molecule has 92 valence electrons. The fourth-order valence-corrected chi connectivity index (χ4v) is 1.88. The Morgan fingerprint density at radius 3 is 2.39 bits per heavy atom. The van der Waals surface area contributed by atoms with E-state index < -0.39 is 11.6 Å². The van der Waals surface area contributed by atoms with Crippen LogP contribution >= 0.6 is 0 Å². The third-order valence-corrected chi connectivity index (χ3v) is 2.84. The average molecular weight is 244 g/mol. The molecule has 18 heavy (non-hydrogen) atoms. The van der Waals surface area contributed by atoms with E-state index in [0.717, 1.165) is 11.6 Å². The van der Waals surface area contributed by atoms with Crippen LogP contribution in [-0.4, -0.2) is 0 Å². The SMILES string of the molecule is C=CCCc1cc(-c2ccccc2)c(F)cc1F. The van der Waals surface area contributed by atoms with Gasteiger partial charge in [0.05, 0.1) is 0 Å². The molecule has 0 atom stereocenters. The molecule has 0 aromatic heterocycles. The first-order chi connectivity index (χ1) is 8.72. The minimum atomic E-state index is -0.527. The molecule has 0 amide bonds. The highest BCUT2D eigenvalue weighted by Crippen LogP contribution is 2.26. The third kappa shape index (κ3) is 2.65. The highest BCUT2D eigenvalue weighted by molar-refractivity contribution is 5.65. The number of benzene rings is 2. The van der Waals surface area contributed by atoms with E-state index in [-0.39, 0.29) is 0 Å². The summed E-state index contributed by atoms with van der Waals surface area (Å²) in [5.41, 5.74) is 1.72. The van der Waals surface area contributed by atoms with E-state index in [4.69, 9.17) is 0 Å². The molecule has 0 N–H and O–H groups in total. The predicted octanol–water partition coefficient (Wildman–Crippen LogP) is 4.75. The van der Waals surface area contributed by atoms with Gasteiger partial charge < -0.3 is 0 Å². The lowest BCUT2D eigenvalue weighted by atomic mass is 10.00. The molecule has 2 aromatic carbocycles. The Labute approximate surface area is 106 Å². The average Bonchev–Trinajstić information content (AvgIpc) is 2.39. The summed E-state index contributed by atoms with van der Waals surface area (Å²) in [4.78, 5) is 0.